The molecule has 30 heavy (non-hydrogen) atoms. The van der Waals surface area contributed by atoms with Crippen molar-refractivity contribution in [2.24, 2.45) is 5.92 Å². The largest absolute Gasteiger partial charge is 0.390 e. The monoisotopic (exact) mass is 415 g/mol. The molecule has 8 nitrogen and oxygen atoms in total. The van der Waals surface area contributed by atoms with Crippen LogP contribution in [0, 0.1) is 28.6 Å². The topological polar surface area (TPSA) is 116 Å². The summed E-state index contributed by atoms with van der Waals surface area (Å²) in [6.45, 7) is -0.0909. The lowest BCUT2D eigenvalue weighted by Crippen LogP contribution is -2.46. The highest BCUT2D eigenvalue weighted by Gasteiger charge is 2.46. The third kappa shape index (κ3) is 2.88. The number of fused-ring (bicyclic) bond motifs is 1. The van der Waals surface area contributed by atoms with E-state index in [0.717, 1.165) is 27.5 Å². The summed E-state index contributed by atoms with van der Waals surface area (Å²) in [5, 5.41) is 35.0. The lowest BCUT2D eigenvalue weighted by molar-refractivity contribution is 0.0882. The highest BCUT2D eigenvalue weighted by molar-refractivity contribution is 7.13. The van der Waals surface area contributed by atoms with Crippen molar-refractivity contribution in [2.75, 3.05) is 0 Å². The Bertz CT molecular complexity index is 1310. The minimum Gasteiger partial charge on any atom is -0.390 e. The summed E-state index contributed by atoms with van der Waals surface area (Å²) in [6, 6.07) is 8.54. The van der Waals surface area contributed by atoms with Crippen LogP contribution in [0.25, 0.3) is 27.5 Å². The highest BCUT2D eigenvalue weighted by atomic mass is 32.1. The van der Waals surface area contributed by atoms with E-state index in [4.69, 9.17) is 0 Å². The fourth-order valence-corrected chi connectivity index (χ4v) is 4.90. The molecule has 4 aromatic heterocycles. The third-order valence-electron chi connectivity index (χ3n) is 5.67. The lowest BCUT2D eigenvalue weighted by atomic mass is 9.67. The number of hydrogen-bond acceptors (Lipinski definition) is 7. The highest BCUT2D eigenvalue weighted by Crippen LogP contribution is 2.46. The van der Waals surface area contributed by atoms with Crippen LogP contribution in [-0.2, 0) is 12.1 Å². The molecule has 1 aliphatic rings. The fourth-order valence-electron chi connectivity index (χ4n) is 4.10. The van der Waals surface area contributed by atoms with E-state index in [1.807, 2.05) is 39.0 Å². The molecule has 0 bridgehead atoms. The molecule has 0 unspecified atom stereocenters. The van der Waals surface area contributed by atoms with Gasteiger partial charge in [-0.3, -0.25) is 9.08 Å². The standard InChI is InChI=1S/C21H17N7OS/c22-2-1-21(7-14(8-21)9-23)28-11-16(10-25-28)18-5-15(6-19-24-3-4-27(18)19)20-26-17(12-29)13-30-20/h3-6,10-11,13-14,29H,1,7-8,12H2/t14-,21+. The summed E-state index contributed by atoms with van der Waals surface area (Å²) in [5.74, 6) is -0.0275. The molecule has 148 valence electrons. The zero-order valence-corrected chi connectivity index (χ0v) is 16.7. The number of hydrogen-bond donors (Lipinski definition) is 1. The number of thiazole rings is 1. The van der Waals surface area contributed by atoms with E-state index < -0.39 is 5.54 Å². The Hall–Kier alpha value is -3.53. The van der Waals surface area contributed by atoms with Gasteiger partial charge in [-0.15, -0.1) is 11.3 Å². The molecule has 1 fully saturated rings. The fraction of sp³-hybridized carbons (Fsp3) is 0.286. The first-order valence-corrected chi connectivity index (χ1v) is 10.4. The third-order valence-corrected chi connectivity index (χ3v) is 6.61. The summed E-state index contributed by atoms with van der Waals surface area (Å²) in [7, 11) is 0. The molecule has 0 amide bonds. The van der Waals surface area contributed by atoms with E-state index >= 15 is 0 Å². The predicted molar refractivity (Wildman–Crippen MR) is 110 cm³/mol. The Morgan fingerprint density at radius 2 is 2.13 bits per heavy atom. The van der Waals surface area contributed by atoms with Gasteiger partial charge >= 0.3 is 0 Å². The summed E-state index contributed by atoms with van der Waals surface area (Å²) >= 11 is 1.48. The average molecular weight is 415 g/mol. The smallest absolute Gasteiger partial charge is 0.137 e. The van der Waals surface area contributed by atoms with Gasteiger partial charge in [-0.1, -0.05) is 0 Å². The Morgan fingerprint density at radius 3 is 2.87 bits per heavy atom. The van der Waals surface area contributed by atoms with Gasteiger partial charge in [-0.25, -0.2) is 9.97 Å². The van der Waals surface area contributed by atoms with Crippen LogP contribution < -0.4 is 0 Å². The SMILES string of the molecule is N#CC[C@]1(n2cc(-c3cc(-c4nc(CO)cs4)cc4nccn34)cn2)C[C@@H](C#N)C1. The quantitative estimate of drug-likeness (QED) is 0.534. The summed E-state index contributed by atoms with van der Waals surface area (Å²) in [5.41, 5.74) is 3.75. The van der Waals surface area contributed by atoms with Crippen LogP contribution in [0.1, 0.15) is 25.0 Å². The molecule has 1 saturated carbocycles. The van der Waals surface area contributed by atoms with Gasteiger partial charge in [-0.05, 0) is 25.0 Å². The average Bonchev–Trinajstić information content (AvgIpc) is 3.49. The molecule has 4 heterocycles. The molecule has 0 saturated heterocycles. The van der Waals surface area contributed by atoms with Crippen molar-refractivity contribution in [1.29, 1.82) is 10.5 Å². The van der Waals surface area contributed by atoms with Crippen LogP contribution in [-0.4, -0.2) is 29.3 Å². The molecular weight excluding hydrogens is 398 g/mol. The maximum atomic E-state index is 9.33. The van der Waals surface area contributed by atoms with Gasteiger partial charge in [0, 0.05) is 35.1 Å². The Labute approximate surface area is 176 Å². The van der Waals surface area contributed by atoms with E-state index in [-0.39, 0.29) is 12.5 Å². The van der Waals surface area contributed by atoms with Gasteiger partial charge in [0.2, 0.25) is 0 Å². The Balaban J connectivity index is 1.58. The predicted octanol–water partition coefficient (Wildman–Crippen LogP) is 3.36. The van der Waals surface area contributed by atoms with E-state index in [1.54, 1.807) is 12.4 Å². The molecule has 9 heteroatoms. The van der Waals surface area contributed by atoms with Gasteiger partial charge in [0.1, 0.15) is 10.7 Å². The second kappa shape index (κ2) is 7.06. The maximum absolute atomic E-state index is 9.33. The number of pyridine rings is 1. The molecule has 1 N–H and O–H groups in total. The molecule has 0 radical (unpaired) electrons. The molecule has 0 aromatic carbocycles. The number of nitrogens with zero attached hydrogens (tertiary/aromatic N) is 7. The summed E-state index contributed by atoms with van der Waals surface area (Å²) in [6.07, 6.45) is 8.99. The number of aromatic nitrogens is 5. The van der Waals surface area contributed by atoms with E-state index in [9.17, 15) is 15.6 Å². The lowest BCUT2D eigenvalue weighted by Gasteiger charge is -2.43. The van der Waals surface area contributed by atoms with Gasteiger partial charge in [0.05, 0.1) is 54.2 Å². The number of aliphatic hydroxyl groups is 1. The minimum absolute atomic E-state index is 0.0275. The number of aliphatic hydroxyl groups excluding tert-OH is 1. The van der Waals surface area contributed by atoms with Crippen molar-refractivity contribution < 1.29 is 5.11 Å². The number of rotatable bonds is 5. The van der Waals surface area contributed by atoms with E-state index in [1.165, 1.54) is 11.3 Å². The first-order chi connectivity index (χ1) is 14.7. The van der Waals surface area contributed by atoms with Gasteiger partial charge < -0.3 is 5.11 Å². The van der Waals surface area contributed by atoms with Crippen molar-refractivity contribution in [3.8, 4) is 34.0 Å². The van der Waals surface area contributed by atoms with Gasteiger partial charge in [0.25, 0.3) is 0 Å². The summed E-state index contributed by atoms with van der Waals surface area (Å²) in [4.78, 5) is 8.91. The summed E-state index contributed by atoms with van der Waals surface area (Å²) < 4.78 is 3.84. The van der Waals surface area contributed by atoms with Gasteiger partial charge in [0.15, 0.2) is 0 Å². The Kier molecular flexibility index (Phi) is 4.35. The Morgan fingerprint density at radius 1 is 1.27 bits per heavy atom. The zero-order valence-electron chi connectivity index (χ0n) is 15.9. The molecule has 0 atom stereocenters. The minimum atomic E-state index is -0.412. The van der Waals surface area contributed by atoms with Crippen molar-refractivity contribution >= 4 is 17.0 Å². The molecule has 0 spiro atoms. The second-order valence-electron chi connectivity index (χ2n) is 7.55. The van der Waals surface area contributed by atoms with Crippen LogP contribution in [0.15, 0.2) is 42.3 Å². The normalized spacial score (nSPS) is 20.6. The zero-order chi connectivity index (χ0) is 20.7. The molecule has 0 aliphatic heterocycles. The maximum Gasteiger partial charge on any atom is 0.137 e. The first kappa shape index (κ1) is 18.5. The van der Waals surface area contributed by atoms with Crippen molar-refractivity contribution in [3.05, 3.63) is 48.0 Å². The molecule has 4 aromatic rings. The number of imidazole rings is 1. The van der Waals surface area contributed by atoms with Crippen LogP contribution in [0.4, 0.5) is 0 Å². The van der Waals surface area contributed by atoms with Crippen molar-refractivity contribution in [1.82, 2.24) is 24.1 Å². The first-order valence-electron chi connectivity index (χ1n) is 9.50. The second-order valence-corrected chi connectivity index (χ2v) is 8.41. The van der Waals surface area contributed by atoms with Gasteiger partial charge in [-0.2, -0.15) is 15.6 Å². The molecule has 5 rings (SSSR count). The van der Waals surface area contributed by atoms with Crippen LogP contribution in [0.5, 0.6) is 0 Å². The number of nitriles is 2. The molecule has 1 aliphatic carbocycles. The van der Waals surface area contributed by atoms with E-state index in [2.05, 4.69) is 27.2 Å². The van der Waals surface area contributed by atoms with Crippen molar-refractivity contribution in [3.63, 3.8) is 0 Å². The molecular formula is C21H17N7OS. The van der Waals surface area contributed by atoms with E-state index in [0.29, 0.717) is 25.0 Å². The van der Waals surface area contributed by atoms with Crippen LogP contribution >= 0.6 is 11.3 Å². The van der Waals surface area contributed by atoms with Crippen LogP contribution in [0.2, 0.25) is 0 Å². The van der Waals surface area contributed by atoms with Crippen molar-refractivity contribution in [2.45, 2.75) is 31.4 Å². The van der Waals surface area contributed by atoms with Crippen LogP contribution in [0.3, 0.4) is 0 Å².